The molecule has 0 saturated carbocycles. The van der Waals surface area contributed by atoms with Crippen molar-refractivity contribution in [3.05, 3.63) is 41.5 Å². The highest BCUT2D eigenvalue weighted by molar-refractivity contribution is 5.42. The third-order valence-corrected chi connectivity index (χ3v) is 4.50. The molecular formula is C18H23N5O2. The number of para-hydroxylation sites is 1. The van der Waals surface area contributed by atoms with Gasteiger partial charge in [0.25, 0.3) is 0 Å². The van der Waals surface area contributed by atoms with Gasteiger partial charge in [-0.3, -0.25) is 9.80 Å². The van der Waals surface area contributed by atoms with Crippen molar-refractivity contribution >= 4 is 0 Å². The Morgan fingerprint density at radius 3 is 3.04 bits per heavy atom. The second kappa shape index (κ2) is 8.10. The van der Waals surface area contributed by atoms with Crippen molar-refractivity contribution in [2.75, 3.05) is 33.3 Å². The van der Waals surface area contributed by atoms with Crippen molar-refractivity contribution in [3.63, 3.8) is 0 Å². The highest BCUT2D eigenvalue weighted by atomic mass is 16.5. The summed E-state index contributed by atoms with van der Waals surface area (Å²) in [7, 11) is 2.10. The monoisotopic (exact) mass is 341 g/mol. The summed E-state index contributed by atoms with van der Waals surface area (Å²) in [5.74, 6) is 1.99. The highest BCUT2D eigenvalue weighted by Crippen LogP contribution is 2.18. The van der Waals surface area contributed by atoms with Crippen LogP contribution in [-0.4, -0.2) is 59.3 Å². The van der Waals surface area contributed by atoms with Crippen molar-refractivity contribution < 1.29 is 9.26 Å². The molecule has 7 heteroatoms. The summed E-state index contributed by atoms with van der Waals surface area (Å²) >= 11 is 0. The van der Waals surface area contributed by atoms with Crippen LogP contribution in [0.2, 0.25) is 0 Å². The van der Waals surface area contributed by atoms with Crippen molar-refractivity contribution in [3.8, 4) is 11.8 Å². The average Bonchev–Trinajstić information content (AvgIpc) is 3.24. The third kappa shape index (κ3) is 4.56. The molecule has 0 aliphatic carbocycles. The van der Waals surface area contributed by atoms with E-state index in [0.717, 1.165) is 31.9 Å². The van der Waals surface area contributed by atoms with Crippen molar-refractivity contribution in [1.29, 1.82) is 5.26 Å². The van der Waals surface area contributed by atoms with E-state index < -0.39 is 0 Å². The summed E-state index contributed by atoms with van der Waals surface area (Å²) in [6.45, 7) is 5.98. The lowest BCUT2D eigenvalue weighted by molar-refractivity contribution is 0.200. The van der Waals surface area contributed by atoms with Gasteiger partial charge >= 0.3 is 0 Å². The standard InChI is InChI=1S/C18H23N5O2/c1-14-20-18(21-25-14)13-22(2)16-7-8-23(12-16)9-10-24-17-6-4-3-5-15(17)11-19/h3-6,16H,7-10,12-13H2,1-2H3/t16-/m0/s1. The Labute approximate surface area is 147 Å². The number of benzene rings is 1. The van der Waals surface area contributed by atoms with E-state index in [2.05, 4.69) is 33.1 Å². The summed E-state index contributed by atoms with van der Waals surface area (Å²) in [6, 6.07) is 9.98. The lowest BCUT2D eigenvalue weighted by Gasteiger charge is -2.23. The minimum atomic E-state index is 0.477. The summed E-state index contributed by atoms with van der Waals surface area (Å²) < 4.78 is 10.8. The smallest absolute Gasteiger partial charge is 0.223 e. The number of nitriles is 1. The fourth-order valence-corrected chi connectivity index (χ4v) is 3.10. The Balaban J connectivity index is 1.43. The molecule has 0 amide bonds. The molecule has 1 aliphatic rings. The summed E-state index contributed by atoms with van der Waals surface area (Å²) in [4.78, 5) is 8.92. The number of likely N-dealkylation sites (N-methyl/N-ethyl adjacent to an activating group) is 1. The Hall–Kier alpha value is -2.43. The quantitative estimate of drug-likeness (QED) is 0.760. The number of hydrogen-bond acceptors (Lipinski definition) is 7. The van der Waals surface area contributed by atoms with E-state index in [1.165, 1.54) is 0 Å². The van der Waals surface area contributed by atoms with Crippen LogP contribution in [0.4, 0.5) is 0 Å². The normalized spacial score (nSPS) is 17.8. The van der Waals surface area contributed by atoms with Gasteiger partial charge in [0.2, 0.25) is 5.89 Å². The zero-order chi connectivity index (χ0) is 17.6. The van der Waals surface area contributed by atoms with E-state index in [-0.39, 0.29) is 0 Å². The fourth-order valence-electron chi connectivity index (χ4n) is 3.10. The maximum absolute atomic E-state index is 9.08. The van der Waals surface area contributed by atoms with E-state index in [1.54, 1.807) is 13.0 Å². The first-order chi connectivity index (χ1) is 12.2. The van der Waals surface area contributed by atoms with Crippen molar-refractivity contribution in [2.24, 2.45) is 0 Å². The van der Waals surface area contributed by atoms with Gasteiger partial charge in [0.05, 0.1) is 12.1 Å². The molecule has 1 aliphatic heterocycles. The maximum atomic E-state index is 9.08. The highest BCUT2D eigenvalue weighted by Gasteiger charge is 2.26. The van der Waals surface area contributed by atoms with Gasteiger partial charge in [-0.1, -0.05) is 17.3 Å². The van der Waals surface area contributed by atoms with Crippen LogP contribution in [0.1, 0.15) is 23.7 Å². The number of aryl methyl sites for hydroxylation is 1. The Bertz CT molecular complexity index is 739. The minimum absolute atomic E-state index is 0.477. The van der Waals surface area contributed by atoms with Crippen LogP contribution >= 0.6 is 0 Å². The average molecular weight is 341 g/mol. The summed E-state index contributed by atoms with van der Waals surface area (Å²) in [5, 5.41) is 13.0. The van der Waals surface area contributed by atoms with E-state index in [4.69, 9.17) is 14.5 Å². The Kier molecular flexibility index (Phi) is 5.64. The molecule has 7 nitrogen and oxygen atoms in total. The predicted molar refractivity (Wildman–Crippen MR) is 92.0 cm³/mol. The first-order valence-electron chi connectivity index (χ1n) is 8.49. The van der Waals surface area contributed by atoms with Gasteiger partial charge in [0.1, 0.15) is 18.4 Å². The largest absolute Gasteiger partial charge is 0.491 e. The van der Waals surface area contributed by atoms with Gasteiger partial charge in [-0.25, -0.2) is 0 Å². The first kappa shape index (κ1) is 17.4. The number of nitrogens with zero attached hydrogens (tertiary/aromatic N) is 5. The SMILES string of the molecule is Cc1nc(CN(C)[C@H]2CCN(CCOc3ccccc3C#N)C2)no1. The summed E-state index contributed by atoms with van der Waals surface area (Å²) in [5.41, 5.74) is 0.580. The van der Waals surface area contributed by atoms with Crippen LogP contribution in [0.15, 0.2) is 28.8 Å². The van der Waals surface area contributed by atoms with Crippen molar-refractivity contribution in [1.82, 2.24) is 19.9 Å². The number of aromatic nitrogens is 2. The van der Waals surface area contributed by atoms with Crippen molar-refractivity contribution in [2.45, 2.75) is 25.9 Å². The Morgan fingerprint density at radius 2 is 2.28 bits per heavy atom. The van der Waals surface area contributed by atoms with Gasteiger partial charge in [-0.05, 0) is 32.1 Å². The fraction of sp³-hybridized carbons (Fsp3) is 0.500. The molecular weight excluding hydrogens is 318 g/mol. The van der Waals surface area contributed by atoms with E-state index >= 15 is 0 Å². The molecule has 0 spiro atoms. The van der Waals surface area contributed by atoms with Crippen LogP contribution in [-0.2, 0) is 6.54 Å². The maximum Gasteiger partial charge on any atom is 0.223 e. The third-order valence-electron chi connectivity index (χ3n) is 4.50. The zero-order valence-electron chi connectivity index (χ0n) is 14.7. The molecule has 1 saturated heterocycles. The lowest BCUT2D eigenvalue weighted by atomic mass is 10.2. The minimum Gasteiger partial charge on any atom is -0.491 e. The number of ether oxygens (including phenoxy) is 1. The van der Waals surface area contributed by atoms with Crippen LogP contribution in [0.3, 0.4) is 0 Å². The molecule has 1 atom stereocenters. The molecule has 25 heavy (non-hydrogen) atoms. The lowest BCUT2D eigenvalue weighted by Crippen LogP contribution is -2.35. The van der Waals surface area contributed by atoms with Gasteiger partial charge in [-0.15, -0.1) is 0 Å². The zero-order valence-corrected chi connectivity index (χ0v) is 14.7. The molecule has 2 aromatic rings. The number of rotatable bonds is 7. The Morgan fingerprint density at radius 1 is 1.44 bits per heavy atom. The molecule has 2 heterocycles. The van der Waals surface area contributed by atoms with E-state index in [9.17, 15) is 0 Å². The van der Waals surface area contributed by atoms with Crippen LogP contribution in [0.25, 0.3) is 0 Å². The second-order valence-electron chi connectivity index (χ2n) is 6.34. The molecule has 1 aromatic carbocycles. The predicted octanol–water partition coefficient (Wildman–Crippen LogP) is 1.83. The molecule has 0 N–H and O–H groups in total. The second-order valence-corrected chi connectivity index (χ2v) is 6.34. The molecule has 1 aromatic heterocycles. The molecule has 3 rings (SSSR count). The molecule has 1 fully saturated rings. The van der Waals surface area contributed by atoms with Crippen LogP contribution in [0.5, 0.6) is 5.75 Å². The van der Waals surface area contributed by atoms with E-state index in [1.807, 2.05) is 18.2 Å². The van der Waals surface area contributed by atoms with Gasteiger partial charge in [-0.2, -0.15) is 10.2 Å². The topological polar surface area (TPSA) is 78.4 Å². The molecule has 0 bridgehead atoms. The van der Waals surface area contributed by atoms with Gasteiger partial charge in [0.15, 0.2) is 5.82 Å². The number of likely N-dealkylation sites (tertiary alicyclic amines) is 1. The van der Waals surface area contributed by atoms with Crippen LogP contribution < -0.4 is 4.74 Å². The van der Waals surface area contributed by atoms with Gasteiger partial charge in [0, 0.05) is 26.1 Å². The van der Waals surface area contributed by atoms with Gasteiger partial charge < -0.3 is 9.26 Å². The molecule has 132 valence electrons. The molecule has 0 radical (unpaired) electrons. The van der Waals surface area contributed by atoms with E-state index in [0.29, 0.717) is 36.4 Å². The summed E-state index contributed by atoms with van der Waals surface area (Å²) in [6.07, 6.45) is 1.11. The van der Waals surface area contributed by atoms with Crippen LogP contribution in [0, 0.1) is 18.3 Å². The first-order valence-corrected chi connectivity index (χ1v) is 8.49. The number of hydrogen-bond donors (Lipinski definition) is 0. The molecule has 0 unspecified atom stereocenters.